The third-order valence-corrected chi connectivity index (χ3v) is 5.32. The van der Waals surface area contributed by atoms with Crippen LogP contribution in [0.2, 0.25) is 0 Å². The summed E-state index contributed by atoms with van der Waals surface area (Å²) in [6, 6.07) is 4.47. The lowest BCUT2D eigenvalue weighted by atomic mass is 10.0. The van der Waals surface area contributed by atoms with E-state index < -0.39 is 0 Å². The van der Waals surface area contributed by atoms with Gasteiger partial charge in [-0.15, -0.1) is 0 Å². The minimum absolute atomic E-state index is 0.00469. The maximum Gasteiger partial charge on any atom is 0.274 e. The molecule has 2 saturated heterocycles. The van der Waals surface area contributed by atoms with Crippen LogP contribution < -0.4 is 5.32 Å². The number of likely N-dealkylation sites (tertiary alicyclic amines) is 2. The van der Waals surface area contributed by atoms with Gasteiger partial charge in [0, 0.05) is 51.2 Å². The standard InChI is InChI=1S/C20H26N6O/c27-20(26-8-1-2-9-26)18-13-22-14-19(24-18)23-17-5-10-25(11-6-17)15-16-4-3-7-21-12-16/h3-4,7,12-14,17H,1-2,5-6,8-11,15H2,(H,23,24). The first-order valence-electron chi connectivity index (χ1n) is 9.77. The topological polar surface area (TPSA) is 74.2 Å². The van der Waals surface area contributed by atoms with Crippen LogP contribution in [0.15, 0.2) is 36.9 Å². The average molecular weight is 366 g/mol. The molecule has 2 aromatic rings. The van der Waals surface area contributed by atoms with Gasteiger partial charge in [0.05, 0.1) is 12.4 Å². The molecule has 27 heavy (non-hydrogen) atoms. The first kappa shape index (κ1) is 17.9. The molecule has 2 aliphatic rings. The molecule has 2 aromatic heterocycles. The van der Waals surface area contributed by atoms with Crippen molar-refractivity contribution in [2.24, 2.45) is 0 Å². The van der Waals surface area contributed by atoms with Crippen molar-refractivity contribution in [3.63, 3.8) is 0 Å². The summed E-state index contributed by atoms with van der Waals surface area (Å²) in [4.78, 5) is 29.7. The van der Waals surface area contributed by atoms with Crippen LogP contribution in [0.4, 0.5) is 5.82 Å². The summed E-state index contributed by atoms with van der Waals surface area (Å²) in [7, 11) is 0. The highest BCUT2D eigenvalue weighted by atomic mass is 16.2. The number of nitrogens with zero attached hydrogens (tertiary/aromatic N) is 5. The number of hydrogen-bond donors (Lipinski definition) is 1. The van der Waals surface area contributed by atoms with Gasteiger partial charge in [-0.05, 0) is 37.3 Å². The van der Waals surface area contributed by atoms with Gasteiger partial charge in [-0.2, -0.15) is 0 Å². The lowest BCUT2D eigenvalue weighted by Crippen LogP contribution is -2.39. The van der Waals surface area contributed by atoms with E-state index in [2.05, 4.69) is 31.2 Å². The number of amides is 1. The SMILES string of the molecule is O=C(c1cncc(NC2CCN(Cc3cccnc3)CC2)n1)N1CCCC1. The van der Waals surface area contributed by atoms with Crippen molar-refractivity contribution in [2.75, 3.05) is 31.5 Å². The van der Waals surface area contributed by atoms with Crippen molar-refractivity contribution in [1.29, 1.82) is 0 Å². The Hall–Kier alpha value is -2.54. The molecule has 2 aliphatic heterocycles. The van der Waals surface area contributed by atoms with Crippen molar-refractivity contribution in [1.82, 2.24) is 24.8 Å². The monoisotopic (exact) mass is 366 g/mol. The minimum atomic E-state index is -0.00469. The van der Waals surface area contributed by atoms with E-state index in [0.717, 1.165) is 58.4 Å². The smallest absolute Gasteiger partial charge is 0.274 e. The first-order valence-corrected chi connectivity index (χ1v) is 9.77. The van der Waals surface area contributed by atoms with E-state index in [1.165, 1.54) is 5.56 Å². The van der Waals surface area contributed by atoms with Crippen molar-refractivity contribution in [2.45, 2.75) is 38.3 Å². The number of aromatic nitrogens is 3. The molecule has 142 valence electrons. The summed E-state index contributed by atoms with van der Waals surface area (Å²) < 4.78 is 0. The van der Waals surface area contributed by atoms with Crippen LogP contribution in [0.5, 0.6) is 0 Å². The summed E-state index contributed by atoms with van der Waals surface area (Å²) in [5.74, 6) is 0.695. The van der Waals surface area contributed by atoms with Gasteiger partial charge in [0.15, 0.2) is 0 Å². The minimum Gasteiger partial charge on any atom is -0.366 e. The summed E-state index contributed by atoms with van der Waals surface area (Å²) >= 11 is 0. The Labute approximate surface area is 159 Å². The Kier molecular flexibility index (Phi) is 5.58. The van der Waals surface area contributed by atoms with Crippen molar-refractivity contribution < 1.29 is 4.79 Å². The summed E-state index contributed by atoms with van der Waals surface area (Å²) in [6.45, 7) is 4.67. The summed E-state index contributed by atoms with van der Waals surface area (Å²) in [6.07, 6.45) is 11.3. The van der Waals surface area contributed by atoms with Crippen molar-refractivity contribution >= 4 is 11.7 Å². The molecule has 0 aliphatic carbocycles. The van der Waals surface area contributed by atoms with E-state index in [4.69, 9.17) is 0 Å². The fourth-order valence-electron chi connectivity index (χ4n) is 3.82. The molecule has 2 fully saturated rings. The lowest BCUT2D eigenvalue weighted by molar-refractivity contribution is 0.0786. The number of pyridine rings is 1. The number of nitrogens with one attached hydrogen (secondary N) is 1. The number of hydrogen-bond acceptors (Lipinski definition) is 6. The zero-order valence-corrected chi connectivity index (χ0v) is 15.5. The predicted molar refractivity (Wildman–Crippen MR) is 103 cm³/mol. The molecule has 4 rings (SSSR count). The van der Waals surface area contributed by atoms with Gasteiger partial charge in [0.1, 0.15) is 11.5 Å². The molecule has 0 aromatic carbocycles. The quantitative estimate of drug-likeness (QED) is 0.874. The molecular formula is C20H26N6O. The molecule has 7 heteroatoms. The number of rotatable bonds is 5. The van der Waals surface area contributed by atoms with Crippen LogP contribution >= 0.6 is 0 Å². The Morgan fingerprint density at radius 2 is 1.89 bits per heavy atom. The van der Waals surface area contributed by atoms with Gasteiger partial charge in [-0.25, -0.2) is 4.98 Å². The molecule has 0 bridgehead atoms. The fraction of sp³-hybridized carbons (Fsp3) is 0.500. The van der Waals surface area contributed by atoms with Gasteiger partial charge >= 0.3 is 0 Å². The lowest BCUT2D eigenvalue weighted by Gasteiger charge is -2.32. The highest BCUT2D eigenvalue weighted by Gasteiger charge is 2.23. The van der Waals surface area contributed by atoms with Crippen LogP contribution in [0.3, 0.4) is 0 Å². The van der Waals surface area contributed by atoms with Crippen molar-refractivity contribution in [3.05, 3.63) is 48.2 Å². The van der Waals surface area contributed by atoms with E-state index in [-0.39, 0.29) is 5.91 Å². The molecule has 1 amide bonds. The average Bonchev–Trinajstić information content (AvgIpc) is 3.25. The van der Waals surface area contributed by atoms with Crippen LogP contribution in [-0.4, -0.2) is 62.9 Å². The molecule has 0 spiro atoms. The molecule has 1 N–H and O–H groups in total. The second-order valence-electron chi connectivity index (χ2n) is 7.34. The Balaban J connectivity index is 1.30. The normalized spacial score (nSPS) is 18.6. The third-order valence-electron chi connectivity index (χ3n) is 5.32. The van der Waals surface area contributed by atoms with Crippen LogP contribution in [0.25, 0.3) is 0 Å². The number of piperidine rings is 1. The third kappa shape index (κ3) is 4.60. The van der Waals surface area contributed by atoms with E-state index >= 15 is 0 Å². The highest BCUT2D eigenvalue weighted by molar-refractivity contribution is 5.92. The zero-order chi connectivity index (χ0) is 18.5. The number of carbonyl (C=O) groups is 1. The maximum atomic E-state index is 12.5. The van der Waals surface area contributed by atoms with Crippen LogP contribution in [0, 0.1) is 0 Å². The van der Waals surface area contributed by atoms with Crippen LogP contribution in [0.1, 0.15) is 41.7 Å². The molecule has 7 nitrogen and oxygen atoms in total. The van der Waals surface area contributed by atoms with Gasteiger partial charge in [-0.3, -0.25) is 19.7 Å². The molecular weight excluding hydrogens is 340 g/mol. The van der Waals surface area contributed by atoms with Gasteiger partial charge in [0.25, 0.3) is 5.91 Å². The predicted octanol–water partition coefficient (Wildman–Crippen LogP) is 2.18. The van der Waals surface area contributed by atoms with E-state index in [0.29, 0.717) is 17.6 Å². The summed E-state index contributed by atoms with van der Waals surface area (Å²) in [5.41, 5.74) is 1.69. The van der Waals surface area contributed by atoms with Gasteiger partial charge in [0.2, 0.25) is 0 Å². The van der Waals surface area contributed by atoms with Crippen molar-refractivity contribution in [3.8, 4) is 0 Å². The number of anilines is 1. The van der Waals surface area contributed by atoms with Crippen LogP contribution in [-0.2, 0) is 6.54 Å². The molecule has 0 radical (unpaired) electrons. The summed E-state index contributed by atoms with van der Waals surface area (Å²) in [5, 5.41) is 3.47. The Bertz CT molecular complexity index is 754. The molecule has 0 saturated carbocycles. The number of carbonyl (C=O) groups excluding carboxylic acids is 1. The second kappa shape index (κ2) is 8.43. The van der Waals surface area contributed by atoms with E-state index in [1.54, 1.807) is 12.4 Å². The molecule has 0 atom stereocenters. The van der Waals surface area contributed by atoms with Gasteiger partial charge in [-0.1, -0.05) is 6.07 Å². The van der Waals surface area contributed by atoms with E-state index in [9.17, 15) is 4.79 Å². The second-order valence-corrected chi connectivity index (χ2v) is 7.34. The van der Waals surface area contributed by atoms with Gasteiger partial charge < -0.3 is 10.2 Å². The Morgan fingerprint density at radius 1 is 1.07 bits per heavy atom. The maximum absolute atomic E-state index is 12.5. The zero-order valence-electron chi connectivity index (χ0n) is 15.5. The first-order chi connectivity index (χ1) is 13.3. The Morgan fingerprint density at radius 3 is 2.63 bits per heavy atom. The largest absolute Gasteiger partial charge is 0.366 e. The highest BCUT2D eigenvalue weighted by Crippen LogP contribution is 2.18. The van der Waals surface area contributed by atoms with E-state index in [1.807, 2.05) is 23.4 Å². The molecule has 0 unspecified atom stereocenters. The fourth-order valence-corrected chi connectivity index (χ4v) is 3.82. The molecule has 4 heterocycles.